The van der Waals surface area contributed by atoms with Crippen LogP contribution in [0, 0.1) is 5.92 Å². The number of hydrogen-bond donors (Lipinski definition) is 1. The first-order chi connectivity index (χ1) is 9.94. The summed E-state index contributed by atoms with van der Waals surface area (Å²) < 4.78 is 0. The molecule has 2 fully saturated rings. The zero-order valence-electron chi connectivity index (χ0n) is 13.5. The molecule has 0 radical (unpaired) electrons. The van der Waals surface area contributed by atoms with Crippen molar-refractivity contribution in [1.29, 1.82) is 0 Å². The highest BCUT2D eigenvalue weighted by molar-refractivity contribution is 5.44. The van der Waals surface area contributed by atoms with Crippen LogP contribution >= 0.6 is 0 Å². The zero-order chi connectivity index (χ0) is 14.8. The van der Waals surface area contributed by atoms with E-state index in [1.807, 2.05) is 12.1 Å². The van der Waals surface area contributed by atoms with Gasteiger partial charge in [-0.05, 0) is 80.2 Å². The molecule has 2 heteroatoms. The fourth-order valence-corrected chi connectivity index (χ4v) is 5.25. The number of fused-ring (bicyclic) bond motifs is 4. The molecule has 1 aromatic carbocycles. The Morgan fingerprint density at radius 3 is 2.62 bits per heavy atom. The number of rotatable bonds is 1. The van der Waals surface area contributed by atoms with E-state index in [0.717, 1.165) is 6.42 Å². The SMILES string of the molecule is C[C@H]1C2Cc3ccc(O)cc3[C@@]1(C)CCN2C1(C)CCC1. The van der Waals surface area contributed by atoms with Gasteiger partial charge in [-0.3, -0.25) is 4.90 Å². The van der Waals surface area contributed by atoms with E-state index < -0.39 is 0 Å². The van der Waals surface area contributed by atoms with Crippen LogP contribution in [0.5, 0.6) is 5.75 Å². The number of likely N-dealkylation sites (tertiary alicyclic amines) is 1. The van der Waals surface area contributed by atoms with E-state index in [4.69, 9.17) is 0 Å². The van der Waals surface area contributed by atoms with Gasteiger partial charge in [0.25, 0.3) is 0 Å². The predicted molar refractivity (Wildman–Crippen MR) is 85.7 cm³/mol. The summed E-state index contributed by atoms with van der Waals surface area (Å²) in [5.74, 6) is 1.09. The monoisotopic (exact) mass is 285 g/mol. The Balaban J connectivity index is 1.77. The maximum Gasteiger partial charge on any atom is 0.115 e. The van der Waals surface area contributed by atoms with Gasteiger partial charge >= 0.3 is 0 Å². The maximum absolute atomic E-state index is 9.90. The van der Waals surface area contributed by atoms with Crippen molar-refractivity contribution in [3.8, 4) is 5.75 Å². The van der Waals surface area contributed by atoms with Gasteiger partial charge in [-0.1, -0.05) is 19.9 Å². The number of piperidine rings is 1. The van der Waals surface area contributed by atoms with Gasteiger partial charge in [0.05, 0.1) is 0 Å². The van der Waals surface area contributed by atoms with Crippen LogP contribution in [-0.2, 0) is 11.8 Å². The third-order valence-electron chi connectivity index (χ3n) is 7.12. The van der Waals surface area contributed by atoms with Gasteiger partial charge in [-0.15, -0.1) is 0 Å². The second kappa shape index (κ2) is 4.25. The average Bonchev–Trinajstić information content (AvgIpc) is 2.41. The Bertz CT molecular complexity index is 577. The summed E-state index contributed by atoms with van der Waals surface area (Å²) in [5, 5.41) is 9.90. The van der Waals surface area contributed by atoms with Gasteiger partial charge in [-0.25, -0.2) is 0 Å². The Morgan fingerprint density at radius 2 is 1.95 bits per heavy atom. The Hall–Kier alpha value is -1.02. The maximum atomic E-state index is 9.90. The minimum atomic E-state index is 0.230. The summed E-state index contributed by atoms with van der Waals surface area (Å²) in [5.41, 5.74) is 3.55. The molecule has 2 nitrogen and oxygen atoms in total. The van der Waals surface area contributed by atoms with Crippen molar-refractivity contribution in [2.75, 3.05) is 6.54 Å². The molecule has 4 rings (SSSR count). The van der Waals surface area contributed by atoms with Crippen molar-refractivity contribution in [3.05, 3.63) is 29.3 Å². The zero-order valence-corrected chi connectivity index (χ0v) is 13.5. The molecule has 1 aliphatic heterocycles. The summed E-state index contributed by atoms with van der Waals surface area (Å²) in [4.78, 5) is 2.83. The van der Waals surface area contributed by atoms with Crippen LogP contribution in [0.2, 0.25) is 0 Å². The number of benzene rings is 1. The van der Waals surface area contributed by atoms with Crippen LogP contribution < -0.4 is 0 Å². The third kappa shape index (κ3) is 1.75. The van der Waals surface area contributed by atoms with Crippen molar-refractivity contribution in [3.63, 3.8) is 0 Å². The van der Waals surface area contributed by atoms with E-state index >= 15 is 0 Å². The molecule has 3 aliphatic rings. The van der Waals surface area contributed by atoms with Crippen molar-refractivity contribution in [2.24, 2.45) is 5.92 Å². The first-order valence-corrected chi connectivity index (χ1v) is 8.53. The number of hydrogen-bond acceptors (Lipinski definition) is 2. The van der Waals surface area contributed by atoms with Crippen LogP contribution in [0.15, 0.2) is 18.2 Å². The Kier molecular flexibility index (Phi) is 2.76. The molecule has 1 aromatic rings. The lowest BCUT2D eigenvalue weighted by Gasteiger charge is -2.61. The molecule has 114 valence electrons. The van der Waals surface area contributed by atoms with E-state index in [-0.39, 0.29) is 5.41 Å². The minimum Gasteiger partial charge on any atom is -0.508 e. The molecule has 1 N–H and O–H groups in total. The fraction of sp³-hybridized carbons (Fsp3) is 0.684. The molecule has 2 aliphatic carbocycles. The molecule has 1 heterocycles. The van der Waals surface area contributed by atoms with Gasteiger partial charge in [0.1, 0.15) is 5.75 Å². The molecule has 1 saturated carbocycles. The lowest BCUT2D eigenvalue weighted by atomic mass is 9.57. The summed E-state index contributed by atoms with van der Waals surface area (Å²) >= 11 is 0. The fourth-order valence-electron chi connectivity index (χ4n) is 5.25. The van der Waals surface area contributed by atoms with E-state index in [2.05, 4.69) is 31.7 Å². The van der Waals surface area contributed by atoms with Crippen LogP contribution in [0.1, 0.15) is 57.6 Å². The van der Waals surface area contributed by atoms with E-state index in [9.17, 15) is 5.11 Å². The Morgan fingerprint density at radius 1 is 1.19 bits per heavy atom. The van der Waals surface area contributed by atoms with E-state index in [1.165, 1.54) is 43.4 Å². The third-order valence-corrected chi connectivity index (χ3v) is 7.12. The molecular formula is C19H27NO. The predicted octanol–water partition coefficient (Wildman–Crippen LogP) is 3.86. The molecule has 2 bridgehead atoms. The van der Waals surface area contributed by atoms with Gasteiger partial charge in [0, 0.05) is 11.6 Å². The lowest BCUT2D eigenvalue weighted by Crippen LogP contribution is -2.65. The van der Waals surface area contributed by atoms with Crippen molar-refractivity contribution >= 4 is 0 Å². The van der Waals surface area contributed by atoms with Gasteiger partial charge in [-0.2, -0.15) is 0 Å². The van der Waals surface area contributed by atoms with Gasteiger partial charge in [0.15, 0.2) is 0 Å². The van der Waals surface area contributed by atoms with Crippen LogP contribution in [0.4, 0.5) is 0 Å². The number of phenols is 1. The molecule has 3 atom stereocenters. The number of phenolic OH excluding ortho intramolecular Hbond substituents is 1. The molecule has 0 aromatic heterocycles. The summed E-state index contributed by atoms with van der Waals surface area (Å²) in [6.07, 6.45) is 6.51. The van der Waals surface area contributed by atoms with Crippen LogP contribution in [0.3, 0.4) is 0 Å². The molecule has 1 unspecified atom stereocenters. The molecular weight excluding hydrogens is 258 g/mol. The number of nitrogens with zero attached hydrogens (tertiary/aromatic N) is 1. The van der Waals surface area contributed by atoms with Crippen molar-refractivity contribution < 1.29 is 5.11 Å². The molecule has 21 heavy (non-hydrogen) atoms. The second-order valence-corrected chi connectivity index (χ2v) is 8.11. The highest BCUT2D eigenvalue weighted by Crippen LogP contribution is 2.53. The van der Waals surface area contributed by atoms with Crippen molar-refractivity contribution in [1.82, 2.24) is 4.90 Å². The smallest absolute Gasteiger partial charge is 0.115 e. The summed E-state index contributed by atoms with van der Waals surface area (Å²) in [6.45, 7) is 8.55. The minimum absolute atomic E-state index is 0.230. The second-order valence-electron chi connectivity index (χ2n) is 8.11. The first kappa shape index (κ1) is 13.6. The number of aromatic hydroxyl groups is 1. The standard InChI is InChI=1S/C19H27NO/c1-13-17-11-14-5-6-15(21)12-16(14)19(13,3)9-10-20(17)18(2)7-4-8-18/h5-6,12-13,17,21H,4,7-11H2,1-3H3/t13-,17?,19-/m0/s1. The van der Waals surface area contributed by atoms with Crippen LogP contribution in [0.25, 0.3) is 0 Å². The summed E-state index contributed by atoms with van der Waals surface area (Å²) in [6, 6.07) is 6.73. The average molecular weight is 285 g/mol. The Labute approximate surface area is 128 Å². The lowest BCUT2D eigenvalue weighted by molar-refractivity contribution is -0.0718. The van der Waals surface area contributed by atoms with Crippen molar-refractivity contribution in [2.45, 2.75) is 69.9 Å². The van der Waals surface area contributed by atoms with Gasteiger partial charge in [0.2, 0.25) is 0 Å². The summed E-state index contributed by atoms with van der Waals surface area (Å²) in [7, 11) is 0. The first-order valence-electron chi connectivity index (χ1n) is 8.53. The van der Waals surface area contributed by atoms with E-state index in [0.29, 0.717) is 23.2 Å². The van der Waals surface area contributed by atoms with Crippen LogP contribution in [-0.4, -0.2) is 28.1 Å². The highest BCUT2D eigenvalue weighted by Gasteiger charge is 2.53. The van der Waals surface area contributed by atoms with E-state index in [1.54, 1.807) is 0 Å². The largest absolute Gasteiger partial charge is 0.508 e. The highest BCUT2D eigenvalue weighted by atomic mass is 16.3. The molecule has 1 saturated heterocycles. The quantitative estimate of drug-likeness (QED) is 0.847. The molecule has 0 spiro atoms. The topological polar surface area (TPSA) is 23.5 Å². The van der Waals surface area contributed by atoms with Gasteiger partial charge < -0.3 is 5.11 Å². The normalized spacial score (nSPS) is 37.7. The molecule has 0 amide bonds.